The van der Waals surface area contributed by atoms with Crippen LogP contribution in [-0.4, -0.2) is 38.2 Å². The van der Waals surface area contributed by atoms with Crippen molar-refractivity contribution < 1.29 is 31.7 Å². The summed E-state index contributed by atoms with van der Waals surface area (Å²) < 4.78 is 40.7. The summed E-state index contributed by atoms with van der Waals surface area (Å²) in [6, 6.07) is 14.2. The summed E-state index contributed by atoms with van der Waals surface area (Å²) in [4.78, 5) is 24.9. The van der Waals surface area contributed by atoms with Crippen LogP contribution in [0.2, 0.25) is 0 Å². The molecule has 0 fully saturated rings. The topological polar surface area (TPSA) is 108 Å². The van der Waals surface area contributed by atoms with Crippen molar-refractivity contribution in [1.29, 1.82) is 0 Å². The van der Waals surface area contributed by atoms with Crippen LogP contribution >= 0.6 is 0 Å². The number of hydrogen-bond donors (Lipinski definition) is 1. The largest absolute Gasteiger partial charge is 0.460 e. The molecule has 8 nitrogen and oxygen atoms in total. The van der Waals surface area contributed by atoms with Gasteiger partial charge in [-0.3, -0.25) is 4.79 Å². The van der Waals surface area contributed by atoms with Crippen LogP contribution in [0, 0.1) is 5.92 Å². The van der Waals surface area contributed by atoms with Crippen molar-refractivity contribution in [2.45, 2.75) is 64.1 Å². The summed E-state index contributed by atoms with van der Waals surface area (Å²) in [7, 11) is -3.95. The fourth-order valence-electron chi connectivity index (χ4n) is 2.87. The van der Waals surface area contributed by atoms with Gasteiger partial charge in [0.25, 0.3) is 0 Å². The van der Waals surface area contributed by atoms with Gasteiger partial charge in [-0.1, -0.05) is 30.3 Å². The molecule has 34 heavy (non-hydrogen) atoms. The summed E-state index contributed by atoms with van der Waals surface area (Å²) >= 11 is 0. The summed E-state index contributed by atoms with van der Waals surface area (Å²) in [5.74, 6) is -0.990. The minimum Gasteiger partial charge on any atom is -0.460 e. The SMILES string of the molecule is CC(C)(C)OC(=O)NCC(Cc1ccc(OS(=O)(=O)c2ccccc2)cc1)C(=O)OC(C)(C)C. The minimum atomic E-state index is -3.95. The molecule has 0 radical (unpaired) electrons. The highest BCUT2D eigenvalue weighted by molar-refractivity contribution is 7.87. The van der Waals surface area contributed by atoms with Crippen molar-refractivity contribution in [3.05, 3.63) is 60.2 Å². The molecular formula is C25H33NO7S. The molecule has 0 spiro atoms. The Bertz CT molecular complexity index is 1070. The molecule has 1 N–H and O–H groups in total. The van der Waals surface area contributed by atoms with E-state index in [0.29, 0.717) is 0 Å². The van der Waals surface area contributed by atoms with Crippen LogP contribution in [-0.2, 0) is 30.8 Å². The van der Waals surface area contributed by atoms with Crippen molar-refractivity contribution >= 4 is 22.2 Å². The maximum Gasteiger partial charge on any atom is 0.407 e. The maximum absolute atomic E-state index is 12.8. The first-order valence-electron chi connectivity index (χ1n) is 10.9. The van der Waals surface area contributed by atoms with E-state index >= 15 is 0 Å². The second kappa shape index (κ2) is 10.9. The highest BCUT2D eigenvalue weighted by Gasteiger charge is 2.27. The van der Waals surface area contributed by atoms with E-state index in [0.717, 1.165) is 5.56 Å². The van der Waals surface area contributed by atoms with Gasteiger partial charge in [-0.15, -0.1) is 0 Å². The Morgan fingerprint density at radius 1 is 0.853 bits per heavy atom. The van der Waals surface area contributed by atoms with Crippen LogP contribution < -0.4 is 9.50 Å². The molecule has 186 valence electrons. The maximum atomic E-state index is 12.8. The molecular weight excluding hydrogens is 458 g/mol. The first kappa shape index (κ1) is 27.2. The van der Waals surface area contributed by atoms with E-state index < -0.39 is 39.3 Å². The molecule has 2 aromatic rings. The van der Waals surface area contributed by atoms with E-state index in [1.54, 1.807) is 71.9 Å². The van der Waals surface area contributed by atoms with Gasteiger partial charge in [0, 0.05) is 6.54 Å². The Morgan fingerprint density at radius 2 is 1.41 bits per heavy atom. The summed E-state index contributed by atoms with van der Waals surface area (Å²) in [5.41, 5.74) is -0.613. The minimum absolute atomic E-state index is 0.0183. The molecule has 0 aliphatic carbocycles. The second-order valence-corrected chi connectivity index (χ2v) is 11.4. The quantitative estimate of drug-likeness (QED) is 0.428. The molecule has 9 heteroatoms. The molecule has 0 heterocycles. The molecule has 0 aliphatic rings. The Labute approximate surface area is 201 Å². The van der Waals surface area contributed by atoms with Gasteiger partial charge in [-0.2, -0.15) is 8.42 Å². The molecule has 0 bridgehead atoms. The number of benzene rings is 2. The Balaban J connectivity index is 2.10. The van der Waals surface area contributed by atoms with E-state index in [1.165, 1.54) is 24.3 Å². The zero-order chi connectivity index (χ0) is 25.6. The fourth-order valence-corrected chi connectivity index (χ4v) is 3.82. The Hall–Kier alpha value is -3.07. The molecule has 1 amide bonds. The number of nitrogens with one attached hydrogen (secondary N) is 1. The lowest BCUT2D eigenvalue weighted by Gasteiger charge is -2.25. The predicted molar refractivity (Wildman–Crippen MR) is 128 cm³/mol. The van der Waals surface area contributed by atoms with Gasteiger partial charge in [-0.05, 0) is 77.8 Å². The number of amides is 1. The summed E-state index contributed by atoms with van der Waals surface area (Å²) in [6.45, 7) is 10.6. The third-order valence-electron chi connectivity index (χ3n) is 4.28. The Kier molecular flexibility index (Phi) is 8.72. The molecule has 1 atom stereocenters. The number of ether oxygens (including phenoxy) is 2. The van der Waals surface area contributed by atoms with Gasteiger partial charge in [0.2, 0.25) is 0 Å². The van der Waals surface area contributed by atoms with Gasteiger partial charge in [-0.25, -0.2) is 4.79 Å². The third-order valence-corrected chi connectivity index (χ3v) is 5.54. The molecule has 0 saturated heterocycles. The van der Waals surface area contributed by atoms with Crippen LogP contribution in [0.1, 0.15) is 47.1 Å². The number of rotatable bonds is 8. The number of hydrogen-bond acceptors (Lipinski definition) is 7. The number of alkyl carbamates (subject to hydrolysis) is 1. The molecule has 1 unspecified atom stereocenters. The zero-order valence-corrected chi connectivity index (χ0v) is 21.3. The van der Waals surface area contributed by atoms with Gasteiger partial charge < -0.3 is 19.0 Å². The lowest BCUT2D eigenvalue weighted by Crippen LogP contribution is -2.40. The first-order valence-corrected chi connectivity index (χ1v) is 12.3. The highest BCUT2D eigenvalue weighted by Crippen LogP contribution is 2.21. The lowest BCUT2D eigenvalue weighted by atomic mass is 9.99. The van der Waals surface area contributed by atoms with Gasteiger partial charge in [0.15, 0.2) is 0 Å². The van der Waals surface area contributed by atoms with Crippen LogP contribution in [0.25, 0.3) is 0 Å². The molecule has 0 aromatic heterocycles. The number of carbonyl (C=O) groups is 2. The van der Waals surface area contributed by atoms with E-state index in [9.17, 15) is 18.0 Å². The first-order chi connectivity index (χ1) is 15.6. The average molecular weight is 492 g/mol. The zero-order valence-electron chi connectivity index (χ0n) is 20.5. The van der Waals surface area contributed by atoms with Crippen molar-refractivity contribution in [2.24, 2.45) is 5.92 Å². The van der Waals surface area contributed by atoms with Crippen LogP contribution in [0.3, 0.4) is 0 Å². The van der Waals surface area contributed by atoms with E-state index in [2.05, 4.69) is 5.32 Å². The average Bonchev–Trinajstić information content (AvgIpc) is 2.70. The molecule has 2 aromatic carbocycles. The van der Waals surface area contributed by atoms with Crippen molar-refractivity contribution in [3.63, 3.8) is 0 Å². The van der Waals surface area contributed by atoms with Gasteiger partial charge in [0.1, 0.15) is 21.8 Å². The Morgan fingerprint density at radius 3 is 1.94 bits per heavy atom. The van der Waals surface area contributed by atoms with Gasteiger partial charge in [0.05, 0.1) is 5.92 Å². The van der Waals surface area contributed by atoms with Crippen LogP contribution in [0.15, 0.2) is 59.5 Å². The molecule has 0 aliphatic heterocycles. The fraction of sp³-hybridized carbons (Fsp3) is 0.440. The summed E-state index contributed by atoms with van der Waals surface area (Å²) in [5, 5.41) is 2.62. The third kappa shape index (κ3) is 9.43. The van der Waals surface area contributed by atoms with Crippen molar-refractivity contribution in [1.82, 2.24) is 5.32 Å². The number of carbonyl (C=O) groups excluding carboxylic acids is 2. The van der Waals surface area contributed by atoms with Crippen LogP contribution in [0.5, 0.6) is 5.75 Å². The van der Waals surface area contributed by atoms with E-state index in [1.807, 2.05) is 0 Å². The van der Waals surface area contributed by atoms with Gasteiger partial charge >= 0.3 is 22.2 Å². The summed E-state index contributed by atoms with van der Waals surface area (Å²) in [6.07, 6.45) is -0.368. The lowest BCUT2D eigenvalue weighted by molar-refractivity contribution is -0.159. The van der Waals surface area contributed by atoms with Crippen LogP contribution in [0.4, 0.5) is 4.79 Å². The normalized spacial score (nSPS) is 13.0. The predicted octanol–water partition coefficient (Wildman–Crippen LogP) is 4.48. The standard InChI is InChI=1S/C25H33NO7S/c1-24(2,3)31-22(27)19(17-26-23(28)32-25(4,5)6)16-18-12-14-20(15-13-18)33-34(29,30)21-10-8-7-9-11-21/h7-15,19H,16-17H2,1-6H3,(H,26,28). The van der Waals surface area contributed by atoms with Crippen molar-refractivity contribution in [2.75, 3.05) is 6.54 Å². The number of esters is 1. The van der Waals surface area contributed by atoms with Crippen molar-refractivity contribution in [3.8, 4) is 5.75 Å². The van der Waals surface area contributed by atoms with E-state index in [-0.39, 0.29) is 23.6 Å². The van der Waals surface area contributed by atoms with E-state index in [4.69, 9.17) is 13.7 Å². The second-order valence-electron chi connectivity index (χ2n) is 9.81. The highest BCUT2D eigenvalue weighted by atomic mass is 32.2. The molecule has 0 saturated carbocycles. The monoisotopic (exact) mass is 491 g/mol. The smallest absolute Gasteiger partial charge is 0.407 e. The molecule has 2 rings (SSSR count).